The van der Waals surface area contributed by atoms with E-state index < -0.39 is 15.0 Å². The van der Waals surface area contributed by atoms with Crippen LogP contribution in [0.3, 0.4) is 0 Å². The van der Waals surface area contributed by atoms with Crippen molar-refractivity contribution in [2.45, 2.75) is 11.9 Å². The lowest BCUT2D eigenvalue weighted by Gasteiger charge is -2.01. The van der Waals surface area contributed by atoms with E-state index in [9.17, 15) is 8.42 Å². The largest absolute Gasteiger partial charge is 0.276 e. The van der Waals surface area contributed by atoms with Crippen molar-refractivity contribution in [3.05, 3.63) is 18.0 Å². The van der Waals surface area contributed by atoms with Gasteiger partial charge in [0.1, 0.15) is 5.21 Å². The van der Waals surface area contributed by atoms with Crippen LogP contribution >= 0.6 is 11.6 Å². The van der Waals surface area contributed by atoms with Gasteiger partial charge in [-0.15, -0.1) is 11.6 Å². The summed E-state index contributed by atoms with van der Waals surface area (Å²) in [5, 5.41) is 6.80. The molecule has 0 saturated heterocycles. The molecular formula is C8H8ClN3O2S. The van der Waals surface area contributed by atoms with Gasteiger partial charge in [0, 0.05) is 5.39 Å². The summed E-state index contributed by atoms with van der Waals surface area (Å²) in [6.07, 6.45) is 1.55. The molecule has 0 fully saturated rings. The minimum absolute atomic E-state index is 0.0103. The van der Waals surface area contributed by atoms with Crippen LogP contribution in [0.5, 0.6) is 0 Å². The summed E-state index contributed by atoms with van der Waals surface area (Å²) < 4.78 is 23.0. The second-order valence-corrected chi connectivity index (χ2v) is 5.62. The first-order valence-electron chi connectivity index (χ1n) is 4.14. The molecule has 0 aromatic carbocycles. The van der Waals surface area contributed by atoms with E-state index >= 15 is 0 Å². The highest BCUT2D eigenvalue weighted by molar-refractivity contribution is 7.92. The van der Waals surface area contributed by atoms with E-state index in [0.717, 1.165) is 5.52 Å². The molecule has 80 valence electrons. The predicted molar refractivity (Wildman–Crippen MR) is 56.5 cm³/mol. The van der Waals surface area contributed by atoms with Crippen molar-refractivity contribution in [3.8, 4) is 0 Å². The molecule has 2 heterocycles. The fourth-order valence-electron chi connectivity index (χ4n) is 1.30. The van der Waals surface area contributed by atoms with Crippen molar-refractivity contribution in [1.29, 1.82) is 0 Å². The van der Waals surface area contributed by atoms with Crippen molar-refractivity contribution >= 4 is 32.3 Å². The second kappa shape index (κ2) is 3.46. The molecule has 0 spiro atoms. The van der Waals surface area contributed by atoms with Gasteiger partial charge >= 0.3 is 0 Å². The van der Waals surface area contributed by atoms with Gasteiger partial charge in [0.25, 0.3) is 0 Å². The monoisotopic (exact) mass is 245 g/mol. The van der Waals surface area contributed by atoms with E-state index in [1.165, 1.54) is 6.07 Å². The number of aromatic nitrogens is 3. The Labute approximate surface area is 91.4 Å². The van der Waals surface area contributed by atoms with E-state index in [1.54, 1.807) is 13.1 Å². The zero-order chi connectivity index (χ0) is 11.1. The molecule has 2 aromatic heterocycles. The summed E-state index contributed by atoms with van der Waals surface area (Å²) in [5.41, 5.74) is 1.33. The number of fused-ring (bicyclic) bond motifs is 1. The number of alkyl halides is 1. The summed E-state index contributed by atoms with van der Waals surface area (Å²) in [6.45, 7) is 1.72. The van der Waals surface area contributed by atoms with Crippen molar-refractivity contribution < 1.29 is 8.42 Å². The third-order valence-electron chi connectivity index (χ3n) is 2.05. The van der Waals surface area contributed by atoms with Gasteiger partial charge < -0.3 is 0 Å². The molecule has 2 aromatic rings. The first kappa shape index (κ1) is 10.4. The van der Waals surface area contributed by atoms with Gasteiger partial charge in [0.05, 0.1) is 17.4 Å². The molecule has 0 unspecified atom stereocenters. The number of nitrogens with one attached hydrogen (secondary N) is 1. The first-order valence-corrected chi connectivity index (χ1v) is 6.33. The van der Waals surface area contributed by atoms with Crippen molar-refractivity contribution in [3.63, 3.8) is 0 Å². The number of pyridine rings is 1. The van der Waals surface area contributed by atoms with Crippen LogP contribution in [0.4, 0.5) is 0 Å². The molecular weight excluding hydrogens is 238 g/mol. The van der Waals surface area contributed by atoms with Crippen molar-refractivity contribution in [2.24, 2.45) is 0 Å². The van der Waals surface area contributed by atoms with Crippen molar-refractivity contribution in [1.82, 2.24) is 15.2 Å². The van der Waals surface area contributed by atoms with E-state index in [1.807, 2.05) is 0 Å². The van der Waals surface area contributed by atoms with Crippen LogP contribution in [-0.4, -0.2) is 28.8 Å². The van der Waals surface area contributed by atoms with E-state index in [4.69, 9.17) is 11.6 Å². The summed E-state index contributed by atoms with van der Waals surface area (Å²) in [7, 11) is -3.48. The van der Waals surface area contributed by atoms with E-state index in [-0.39, 0.29) is 5.03 Å². The minimum atomic E-state index is -3.48. The average molecular weight is 246 g/mol. The Morgan fingerprint density at radius 3 is 2.93 bits per heavy atom. The topological polar surface area (TPSA) is 75.7 Å². The van der Waals surface area contributed by atoms with E-state index in [2.05, 4.69) is 15.2 Å². The van der Waals surface area contributed by atoms with Gasteiger partial charge in [0.15, 0.2) is 5.03 Å². The first-order chi connectivity index (χ1) is 7.04. The maximum atomic E-state index is 11.5. The molecule has 0 aliphatic heterocycles. The van der Waals surface area contributed by atoms with Gasteiger partial charge in [-0.05, 0) is 13.0 Å². The van der Waals surface area contributed by atoms with Gasteiger partial charge in [-0.3, -0.25) is 5.10 Å². The summed E-state index contributed by atoms with van der Waals surface area (Å²) in [4.78, 5) is 3.97. The highest BCUT2D eigenvalue weighted by atomic mass is 35.5. The molecule has 0 saturated carbocycles. The zero-order valence-electron chi connectivity index (χ0n) is 7.86. The Balaban J connectivity index is 2.75. The molecule has 0 radical (unpaired) electrons. The Hall–Kier alpha value is -1.14. The second-order valence-electron chi connectivity index (χ2n) is 3.10. The normalized spacial score (nSPS) is 12.1. The molecule has 7 heteroatoms. The van der Waals surface area contributed by atoms with E-state index in [0.29, 0.717) is 11.1 Å². The van der Waals surface area contributed by atoms with Crippen molar-refractivity contribution in [2.75, 3.05) is 5.21 Å². The molecule has 15 heavy (non-hydrogen) atoms. The number of rotatable bonds is 2. The fraction of sp³-hybridized carbons (Fsp3) is 0.250. The van der Waals surface area contributed by atoms with Crippen LogP contribution in [0.2, 0.25) is 0 Å². The van der Waals surface area contributed by atoms with Crippen LogP contribution in [-0.2, 0) is 9.84 Å². The molecule has 0 amide bonds. The summed E-state index contributed by atoms with van der Waals surface area (Å²) >= 11 is 5.35. The molecule has 1 N–H and O–H groups in total. The number of hydrogen-bond acceptors (Lipinski definition) is 4. The Bertz CT molecular complexity index is 605. The van der Waals surface area contributed by atoms with Gasteiger partial charge in [0.2, 0.25) is 9.84 Å². The number of aromatic amines is 1. The standard InChI is InChI=1S/C8H8ClN3O2S/c1-5-8-6(3-10-12-8)2-7(11-5)15(13,14)4-9/h2-3H,4H2,1H3,(H,10,12). The molecule has 2 rings (SSSR count). The SMILES string of the molecule is Cc1nc(S(=O)(=O)CCl)cc2cn[nH]c12. The van der Waals surface area contributed by atoms with Gasteiger partial charge in [-0.25, -0.2) is 13.4 Å². The maximum absolute atomic E-state index is 11.5. The Kier molecular flexibility index (Phi) is 2.40. The highest BCUT2D eigenvalue weighted by Gasteiger charge is 2.16. The summed E-state index contributed by atoms with van der Waals surface area (Å²) in [5.74, 6) is 0. The third-order valence-corrected chi connectivity index (χ3v) is 4.05. The lowest BCUT2D eigenvalue weighted by Crippen LogP contribution is -2.05. The number of sulfone groups is 1. The molecule has 5 nitrogen and oxygen atoms in total. The lowest BCUT2D eigenvalue weighted by atomic mass is 10.3. The minimum Gasteiger partial charge on any atom is -0.276 e. The van der Waals surface area contributed by atoms with Crippen LogP contribution in [0.25, 0.3) is 10.9 Å². The quantitative estimate of drug-likeness (QED) is 0.808. The molecule has 0 bridgehead atoms. The Morgan fingerprint density at radius 2 is 2.27 bits per heavy atom. The van der Waals surface area contributed by atoms with Crippen LogP contribution in [0.1, 0.15) is 5.69 Å². The van der Waals surface area contributed by atoms with Crippen LogP contribution in [0, 0.1) is 6.92 Å². The lowest BCUT2D eigenvalue weighted by molar-refractivity contribution is 0.596. The summed E-state index contributed by atoms with van der Waals surface area (Å²) in [6, 6.07) is 1.46. The fourth-order valence-corrected chi connectivity index (χ4v) is 2.33. The maximum Gasteiger partial charge on any atom is 0.209 e. The Morgan fingerprint density at radius 1 is 1.53 bits per heavy atom. The molecule has 0 aliphatic carbocycles. The number of halogens is 1. The molecule has 0 atom stereocenters. The number of hydrogen-bond donors (Lipinski definition) is 1. The van der Waals surface area contributed by atoms with Gasteiger partial charge in [-0.1, -0.05) is 0 Å². The predicted octanol–water partition coefficient (Wildman–Crippen LogP) is 1.24. The third kappa shape index (κ3) is 1.70. The number of nitrogens with zero attached hydrogens (tertiary/aromatic N) is 2. The zero-order valence-corrected chi connectivity index (χ0v) is 9.43. The number of aryl methyl sites for hydroxylation is 1. The smallest absolute Gasteiger partial charge is 0.209 e. The average Bonchev–Trinajstić information content (AvgIpc) is 2.66. The van der Waals surface area contributed by atoms with Gasteiger partial charge in [-0.2, -0.15) is 5.10 Å². The van der Waals surface area contributed by atoms with Crippen LogP contribution in [0.15, 0.2) is 17.3 Å². The highest BCUT2D eigenvalue weighted by Crippen LogP contribution is 2.19. The van der Waals surface area contributed by atoms with Crippen LogP contribution < -0.4 is 0 Å². The number of H-pyrrole nitrogens is 1. The molecule has 0 aliphatic rings.